The van der Waals surface area contributed by atoms with Crippen molar-refractivity contribution >= 4 is 23.5 Å². The van der Waals surface area contributed by atoms with E-state index in [1.54, 1.807) is 0 Å². The Morgan fingerprint density at radius 2 is 1.81 bits per heavy atom. The lowest BCUT2D eigenvalue weighted by Gasteiger charge is -2.14. The van der Waals surface area contributed by atoms with Gasteiger partial charge in [-0.3, -0.25) is 9.59 Å². The van der Waals surface area contributed by atoms with Gasteiger partial charge in [-0.05, 0) is 18.8 Å². The molecule has 0 amide bonds. The number of carbonyl (C=O) groups excluding carboxylic acids is 2. The molecule has 0 fully saturated rings. The van der Waals surface area contributed by atoms with Gasteiger partial charge in [0.05, 0.1) is 18.9 Å². The molecule has 0 spiro atoms. The van der Waals surface area contributed by atoms with Crippen LogP contribution in [0.4, 0.5) is 0 Å². The van der Waals surface area contributed by atoms with E-state index in [2.05, 4.69) is 13.8 Å². The molecule has 1 unspecified atom stereocenters. The Balaban J connectivity index is 3.72. The maximum Gasteiger partial charge on any atom is 0.309 e. The van der Waals surface area contributed by atoms with Crippen LogP contribution in [0.2, 0.25) is 0 Å². The summed E-state index contributed by atoms with van der Waals surface area (Å²) >= 11 is 5.70. The molecule has 0 rings (SSSR count). The van der Waals surface area contributed by atoms with Crippen molar-refractivity contribution in [1.29, 1.82) is 0 Å². The highest BCUT2D eigenvalue weighted by Crippen LogP contribution is 2.09. The van der Waals surface area contributed by atoms with Crippen molar-refractivity contribution in [2.75, 3.05) is 12.5 Å². The van der Waals surface area contributed by atoms with E-state index in [-0.39, 0.29) is 24.2 Å². The maximum atomic E-state index is 11.6. The van der Waals surface area contributed by atoms with Gasteiger partial charge in [-0.25, -0.2) is 0 Å². The summed E-state index contributed by atoms with van der Waals surface area (Å²) < 4.78 is 10.2. The average molecular weight is 321 g/mol. The lowest BCUT2D eigenvalue weighted by molar-refractivity contribution is -0.154. The van der Waals surface area contributed by atoms with E-state index in [0.29, 0.717) is 19.4 Å². The fraction of sp³-hybridized carbons (Fsp3) is 0.875. The predicted molar refractivity (Wildman–Crippen MR) is 84.4 cm³/mol. The molecule has 4 nitrogen and oxygen atoms in total. The normalized spacial score (nSPS) is 12.2. The Morgan fingerprint density at radius 3 is 2.38 bits per heavy atom. The van der Waals surface area contributed by atoms with Gasteiger partial charge < -0.3 is 9.47 Å². The van der Waals surface area contributed by atoms with Crippen molar-refractivity contribution in [1.82, 2.24) is 0 Å². The van der Waals surface area contributed by atoms with Crippen LogP contribution in [0, 0.1) is 5.92 Å². The summed E-state index contributed by atoms with van der Waals surface area (Å²) in [6, 6.07) is 0. The summed E-state index contributed by atoms with van der Waals surface area (Å²) in [5.41, 5.74) is 0. The molecule has 0 heterocycles. The summed E-state index contributed by atoms with van der Waals surface area (Å²) in [5.74, 6) is 0.159. The molecule has 0 radical (unpaired) electrons. The Kier molecular flexibility index (Phi) is 12.5. The number of hydrogen-bond acceptors (Lipinski definition) is 4. The molecule has 0 aromatic carbocycles. The number of alkyl halides is 1. The van der Waals surface area contributed by atoms with Crippen LogP contribution in [-0.4, -0.2) is 30.5 Å². The highest BCUT2D eigenvalue weighted by molar-refractivity contribution is 6.18. The minimum Gasteiger partial charge on any atom is -0.466 e. The van der Waals surface area contributed by atoms with Crippen molar-refractivity contribution in [3.05, 3.63) is 0 Å². The van der Waals surface area contributed by atoms with Crippen molar-refractivity contribution in [3.8, 4) is 0 Å². The molecule has 0 saturated carbocycles. The van der Waals surface area contributed by atoms with Crippen LogP contribution in [0.15, 0.2) is 0 Å². The highest BCUT2D eigenvalue weighted by Gasteiger charge is 2.18. The van der Waals surface area contributed by atoms with Crippen LogP contribution in [0.1, 0.15) is 65.7 Å². The number of hydrogen-bond donors (Lipinski definition) is 0. The van der Waals surface area contributed by atoms with E-state index in [1.807, 2.05) is 6.92 Å². The minimum absolute atomic E-state index is 0.0327. The molecule has 0 aliphatic rings. The highest BCUT2D eigenvalue weighted by atomic mass is 35.5. The minimum atomic E-state index is -0.584. The zero-order valence-electron chi connectivity index (χ0n) is 13.5. The van der Waals surface area contributed by atoms with Crippen LogP contribution in [0.5, 0.6) is 0 Å². The zero-order chi connectivity index (χ0) is 16.1. The zero-order valence-corrected chi connectivity index (χ0v) is 14.3. The van der Waals surface area contributed by atoms with Crippen LogP contribution in [-0.2, 0) is 19.1 Å². The van der Waals surface area contributed by atoms with Gasteiger partial charge in [0.1, 0.15) is 6.10 Å². The second-order valence-corrected chi connectivity index (χ2v) is 5.99. The van der Waals surface area contributed by atoms with Gasteiger partial charge in [0.15, 0.2) is 0 Å². The van der Waals surface area contributed by atoms with Crippen molar-refractivity contribution in [2.45, 2.75) is 71.8 Å². The van der Waals surface area contributed by atoms with E-state index in [1.165, 1.54) is 6.42 Å². The lowest BCUT2D eigenvalue weighted by Crippen LogP contribution is -2.24. The first-order valence-electron chi connectivity index (χ1n) is 7.90. The maximum absolute atomic E-state index is 11.6. The molecule has 5 heteroatoms. The van der Waals surface area contributed by atoms with Gasteiger partial charge >= 0.3 is 11.9 Å². The first-order valence-corrected chi connectivity index (χ1v) is 8.44. The number of carbonyl (C=O) groups is 2. The largest absolute Gasteiger partial charge is 0.466 e. The molecule has 0 saturated heterocycles. The summed E-state index contributed by atoms with van der Waals surface area (Å²) in [6.45, 7) is 6.72. The van der Waals surface area contributed by atoms with Crippen LogP contribution < -0.4 is 0 Å². The number of esters is 2. The Labute approximate surface area is 133 Å². The molecule has 0 bridgehead atoms. The third-order valence-corrected chi connectivity index (χ3v) is 3.35. The molecule has 0 aliphatic carbocycles. The molecule has 0 aliphatic heterocycles. The first-order chi connectivity index (χ1) is 9.99. The van der Waals surface area contributed by atoms with Crippen LogP contribution in [0.25, 0.3) is 0 Å². The number of unbranched alkanes of at least 4 members (excludes halogenated alkanes) is 2. The SMILES string of the molecule is CCCC(=O)OC(CCl)CC(=O)OCCCCCC(C)C. The van der Waals surface area contributed by atoms with Gasteiger partial charge in [-0.2, -0.15) is 0 Å². The smallest absolute Gasteiger partial charge is 0.309 e. The molecule has 124 valence electrons. The van der Waals surface area contributed by atoms with Gasteiger partial charge in [0.2, 0.25) is 0 Å². The molecular formula is C16H29ClO4. The van der Waals surface area contributed by atoms with E-state index in [0.717, 1.165) is 25.2 Å². The van der Waals surface area contributed by atoms with Crippen molar-refractivity contribution in [2.24, 2.45) is 5.92 Å². The third-order valence-electron chi connectivity index (χ3n) is 3.01. The van der Waals surface area contributed by atoms with Gasteiger partial charge in [0.25, 0.3) is 0 Å². The lowest BCUT2D eigenvalue weighted by atomic mass is 10.1. The van der Waals surface area contributed by atoms with Crippen LogP contribution >= 0.6 is 11.6 Å². The molecule has 21 heavy (non-hydrogen) atoms. The number of halogens is 1. The molecule has 0 N–H and O–H groups in total. The quantitative estimate of drug-likeness (QED) is 0.309. The monoisotopic (exact) mass is 320 g/mol. The molecule has 1 atom stereocenters. The number of rotatable bonds is 12. The predicted octanol–water partition coefficient (Wildman–Crippen LogP) is 4.09. The summed E-state index contributed by atoms with van der Waals surface area (Å²) in [5, 5.41) is 0. The standard InChI is InChI=1S/C16H29ClO4/c1-4-8-15(18)21-14(12-17)11-16(19)20-10-7-5-6-9-13(2)3/h13-14H,4-12H2,1-3H3. The van der Waals surface area contributed by atoms with Crippen molar-refractivity contribution < 1.29 is 19.1 Å². The summed E-state index contributed by atoms with van der Waals surface area (Å²) in [6.07, 6.45) is 4.82. The third kappa shape index (κ3) is 12.7. The Hall–Kier alpha value is -0.770. The summed E-state index contributed by atoms with van der Waals surface area (Å²) in [7, 11) is 0. The van der Waals surface area contributed by atoms with Crippen LogP contribution in [0.3, 0.4) is 0 Å². The summed E-state index contributed by atoms with van der Waals surface area (Å²) in [4.78, 5) is 23.0. The Morgan fingerprint density at radius 1 is 1.10 bits per heavy atom. The average Bonchev–Trinajstić information content (AvgIpc) is 2.41. The Bertz CT molecular complexity index is 292. The van der Waals surface area contributed by atoms with E-state index in [9.17, 15) is 9.59 Å². The van der Waals surface area contributed by atoms with E-state index in [4.69, 9.17) is 21.1 Å². The second kappa shape index (κ2) is 12.9. The fourth-order valence-corrected chi connectivity index (χ4v) is 2.01. The fourth-order valence-electron chi connectivity index (χ4n) is 1.84. The van der Waals surface area contributed by atoms with E-state index < -0.39 is 6.10 Å². The number of ether oxygens (including phenoxy) is 2. The first kappa shape index (κ1) is 20.2. The topological polar surface area (TPSA) is 52.6 Å². The second-order valence-electron chi connectivity index (χ2n) is 5.68. The van der Waals surface area contributed by atoms with E-state index >= 15 is 0 Å². The van der Waals surface area contributed by atoms with Crippen molar-refractivity contribution in [3.63, 3.8) is 0 Å². The van der Waals surface area contributed by atoms with Gasteiger partial charge in [-0.15, -0.1) is 11.6 Å². The molecule has 0 aromatic rings. The molecule has 0 aromatic heterocycles. The molecular weight excluding hydrogens is 292 g/mol. The van der Waals surface area contributed by atoms with Gasteiger partial charge in [0, 0.05) is 6.42 Å². The van der Waals surface area contributed by atoms with Gasteiger partial charge in [-0.1, -0.05) is 40.0 Å².